The average Bonchev–Trinajstić information content (AvgIpc) is 3.15. The van der Waals surface area contributed by atoms with Crippen molar-refractivity contribution in [2.45, 2.75) is 25.3 Å². The molecule has 1 aliphatic rings. The highest BCUT2D eigenvalue weighted by Crippen LogP contribution is 2.20. The number of carbonyl (C=O) groups excluding carboxylic acids is 1. The zero-order valence-corrected chi connectivity index (χ0v) is 14.8. The second-order valence-electron chi connectivity index (χ2n) is 6.53. The van der Waals surface area contributed by atoms with Gasteiger partial charge in [0.2, 0.25) is 5.91 Å². The van der Waals surface area contributed by atoms with E-state index in [1.807, 2.05) is 42.5 Å². The van der Waals surface area contributed by atoms with Gasteiger partial charge < -0.3 is 15.0 Å². The number of ether oxygens (including phenoxy) is 1. The Balaban J connectivity index is 1.69. The molecule has 0 spiro atoms. The maximum absolute atomic E-state index is 12.7. The van der Waals surface area contributed by atoms with Crippen LogP contribution in [0.15, 0.2) is 54.6 Å². The van der Waals surface area contributed by atoms with Gasteiger partial charge in [0.1, 0.15) is 5.75 Å². The number of rotatable bonds is 7. The molecule has 132 valence electrons. The molecule has 1 aliphatic heterocycles. The van der Waals surface area contributed by atoms with Crippen molar-refractivity contribution < 1.29 is 9.53 Å². The molecule has 1 N–H and O–H groups in total. The summed E-state index contributed by atoms with van der Waals surface area (Å²) in [6, 6.07) is 17.9. The smallest absolute Gasteiger partial charge is 0.225 e. The summed E-state index contributed by atoms with van der Waals surface area (Å²) in [6.45, 7) is 3.10. The predicted octanol–water partition coefficient (Wildman–Crippen LogP) is 3.19. The Labute approximate surface area is 149 Å². The normalized spacial score (nSPS) is 15.7. The van der Waals surface area contributed by atoms with Crippen LogP contribution < -0.4 is 10.1 Å². The van der Waals surface area contributed by atoms with E-state index in [9.17, 15) is 4.79 Å². The van der Waals surface area contributed by atoms with Crippen LogP contribution in [0.1, 0.15) is 30.0 Å². The molecule has 1 amide bonds. The maximum Gasteiger partial charge on any atom is 0.225 e. The summed E-state index contributed by atoms with van der Waals surface area (Å²) >= 11 is 0. The molecule has 0 bridgehead atoms. The summed E-state index contributed by atoms with van der Waals surface area (Å²) in [4.78, 5) is 15.1. The molecule has 0 saturated carbocycles. The first-order chi connectivity index (χ1) is 12.3. The highest BCUT2D eigenvalue weighted by atomic mass is 16.5. The standard InChI is InChI=1S/C21H26N2O2/c1-25-20-12-6-5-11-18(20)15-21(24)22-19(16-23-13-7-8-14-23)17-9-3-2-4-10-17/h2-6,9-12,19H,7-8,13-16H2,1H3,(H,22,24). The molecule has 1 heterocycles. The maximum atomic E-state index is 12.7. The molecule has 1 atom stereocenters. The third kappa shape index (κ3) is 4.83. The Morgan fingerprint density at radius 3 is 2.48 bits per heavy atom. The van der Waals surface area contributed by atoms with Crippen LogP contribution in [-0.4, -0.2) is 37.6 Å². The molecule has 4 heteroatoms. The van der Waals surface area contributed by atoms with Crippen LogP contribution in [0.5, 0.6) is 5.75 Å². The minimum absolute atomic E-state index is 0.0153. The third-order valence-corrected chi connectivity index (χ3v) is 4.72. The van der Waals surface area contributed by atoms with Crippen LogP contribution in [0.3, 0.4) is 0 Å². The predicted molar refractivity (Wildman–Crippen MR) is 99.7 cm³/mol. The van der Waals surface area contributed by atoms with E-state index in [-0.39, 0.29) is 11.9 Å². The van der Waals surface area contributed by atoms with Crippen molar-refractivity contribution in [3.63, 3.8) is 0 Å². The first-order valence-electron chi connectivity index (χ1n) is 8.95. The number of hydrogen-bond acceptors (Lipinski definition) is 3. The van der Waals surface area contributed by atoms with Crippen molar-refractivity contribution in [3.8, 4) is 5.75 Å². The summed E-state index contributed by atoms with van der Waals surface area (Å²) in [7, 11) is 1.64. The molecule has 2 aromatic rings. The summed E-state index contributed by atoms with van der Waals surface area (Å²) in [5, 5.41) is 3.22. The van der Waals surface area contributed by atoms with E-state index in [4.69, 9.17) is 4.74 Å². The van der Waals surface area contributed by atoms with E-state index in [0.717, 1.165) is 36.5 Å². The SMILES string of the molecule is COc1ccccc1CC(=O)NC(CN1CCCC1)c1ccccc1. The summed E-state index contributed by atoms with van der Waals surface area (Å²) in [6.07, 6.45) is 2.82. The number of nitrogens with one attached hydrogen (secondary N) is 1. The minimum atomic E-state index is 0.0153. The van der Waals surface area contributed by atoms with E-state index >= 15 is 0 Å². The van der Waals surface area contributed by atoms with Gasteiger partial charge in [0, 0.05) is 12.1 Å². The van der Waals surface area contributed by atoms with Gasteiger partial charge in [-0.3, -0.25) is 4.79 Å². The van der Waals surface area contributed by atoms with Gasteiger partial charge in [-0.05, 0) is 37.6 Å². The third-order valence-electron chi connectivity index (χ3n) is 4.72. The highest BCUT2D eigenvalue weighted by Gasteiger charge is 2.21. The van der Waals surface area contributed by atoms with Crippen molar-refractivity contribution in [1.82, 2.24) is 10.2 Å². The van der Waals surface area contributed by atoms with Gasteiger partial charge in [0.15, 0.2) is 0 Å². The number of para-hydroxylation sites is 1. The summed E-state index contributed by atoms with van der Waals surface area (Å²) in [5.41, 5.74) is 2.07. The lowest BCUT2D eigenvalue weighted by Crippen LogP contribution is -2.37. The van der Waals surface area contributed by atoms with Crippen LogP contribution in [0.2, 0.25) is 0 Å². The largest absolute Gasteiger partial charge is 0.496 e. The van der Waals surface area contributed by atoms with E-state index in [0.29, 0.717) is 6.42 Å². The molecule has 2 aromatic carbocycles. The minimum Gasteiger partial charge on any atom is -0.496 e. The van der Waals surface area contributed by atoms with Crippen LogP contribution in [0, 0.1) is 0 Å². The van der Waals surface area contributed by atoms with Crippen LogP contribution in [0.25, 0.3) is 0 Å². The lowest BCUT2D eigenvalue weighted by molar-refractivity contribution is -0.121. The van der Waals surface area contributed by atoms with Crippen molar-refractivity contribution in [2.24, 2.45) is 0 Å². The summed E-state index contributed by atoms with van der Waals surface area (Å²) in [5.74, 6) is 0.783. The number of carbonyl (C=O) groups is 1. The highest BCUT2D eigenvalue weighted by molar-refractivity contribution is 5.79. The molecule has 0 radical (unpaired) electrons. The van der Waals surface area contributed by atoms with E-state index in [1.54, 1.807) is 7.11 Å². The van der Waals surface area contributed by atoms with Gasteiger partial charge in [-0.2, -0.15) is 0 Å². The van der Waals surface area contributed by atoms with E-state index < -0.39 is 0 Å². The van der Waals surface area contributed by atoms with Gasteiger partial charge >= 0.3 is 0 Å². The van der Waals surface area contributed by atoms with E-state index in [1.165, 1.54) is 12.8 Å². The average molecular weight is 338 g/mol. The number of nitrogens with zero attached hydrogens (tertiary/aromatic N) is 1. The van der Waals surface area contributed by atoms with Crippen LogP contribution >= 0.6 is 0 Å². The number of hydrogen-bond donors (Lipinski definition) is 1. The second kappa shape index (κ2) is 8.67. The Morgan fingerprint density at radius 2 is 1.76 bits per heavy atom. The molecule has 1 unspecified atom stereocenters. The molecule has 3 rings (SSSR count). The number of likely N-dealkylation sites (tertiary alicyclic amines) is 1. The van der Waals surface area contributed by atoms with Gasteiger partial charge in [0.25, 0.3) is 0 Å². The Hall–Kier alpha value is -2.33. The molecule has 25 heavy (non-hydrogen) atoms. The molecule has 1 fully saturated rings. The van der Waals surface area contributed by atoms with Crippen LogP contribution in [0.4, 0.5) is 0 Å². The second-order valence-corrected chi connectivity index (χ2v) is 6.53. The molecule has 0 aliphatic carbocycles. The van der Waals surface area contributed by atoms with Crippen molar-refractivity contribution >= 4 is 5.91 Å². The molecule has 1 saturated heterocycles. The quantitative estimate of drug-likeness (QED) is 0.843. The topological polar surface area (TPSA) is 41.6 Å². The first-order valence-corrected chi connectivity index (χ1v) is 8.95. The molecular formula is C21H26N2O2. The summed E-state index contributed by atoms with van der Waals surface area (Å²) < 4.78 is 5.36. The molecular weight excluding hydrogens is 312 g/mol. The number of amides is 1. The Bertz CT molecular complexity index is 681. The van der Waals surface area contributed by atoms with Crippen molar-refractivity contribution in [2.75, 3.05) is 26.7 Å². The van der Waals surface area contributed by atoms with Gasteiger partial charge in [-0.1, -0.05) is 48.5 Å². The number of methoxy groups -OCH3 is 1. The lowest BCUT2D eigenvalue weighted by Gasteiger charge is -2.25. The number of benzene rings is 2. The van der Waals surface area contributed by atoms with Gasteiger partial charge in [-0.25, -0.2) is 0 Å². The fourth-order valence-corrected chi connectivity index (χ4v) is 3.41. The lowest BCUT2D eigenvalue weighted by atomic mass is 10.1. The van der Waals surface area contributed by atoms with Crippen LogP contribution in [-0.2, 0) is 11.2 Å². The first kappa shape index (κ1) is 17.5. The Morgan fingerprint density at radius 1 is 1.08 bits per heavy atom. The van der Waals surface area contributed by atoms with Gasteiger partial charge in [-0.15, -0.1) is 0 Å². The fourth-order valence-electron chi connectivity index (χ4n) is 3.41. The zero-order chi connectivity index (χ0) is 17.5. The van der Waals surface area contributed by atoms with Crippen molar-refractivity contribution in [1.29, 1.82) is 0 Å². The molecule has 4 nitrogen and oxygen atoms in total. The molecule has 0 aromatic heterocycles. The monoisotopic (exact) mass is 338 g/mol. The zero-order valence-electron chi connectivity index (χ0n) is 14.8. The van der Waals surface area contributed by atoms with E-state index in [2.05, 4.69) is 22.3 Å². The fraction of sp³-hybridized carbons (Fsp3) is 0.381. The Kier molecular flexibility index (Phi) is 6.07. The van der Waals surface area contributed by atoms with Crippen molar-refractivity contribution in [3.05, 3.63) is 65.7 Å². The van der Waals surface area contributed by atoms with Gasteiger partial charge in [0.05, 0.1) is 19.6 Å².